The Morgan fingerprint density at radius 2 is 2.16 bits per heavy atom. The van der Waals surface area contributed by atoms with Crippen molar-refractivity contribution < 1.29 is 8.42 Å². The van der Waals surface area contributed by atoms with Gasteiger partial charge in [0.25, 0.3) is 0 Å². The van der Waals surface area contributed by atoms with Gasteiger partial charge in [-0.15, -0.1) is 0 Å². The first-order chi connectivity index (χ1) is 8.90. The highest BCUT2D eigenvalue weighted by atomic mass is 35.5. The lowest BCUT2D eigenvalue weighted by Crippen LogP contribution is -2.41. The van der Waals surface area contributed by atoms with Crippen LogP contribution in [0.4, 0.5) is 0 Å². The fourth-order valence-electron chi connectivity index (χ4n) is 2.34. The van der Waals surface area contributed by atoms with Crippen molar-refractivity contribution in [3.63, 3.8) is 0 Å². The normalized spacial score (nSPS) is 23.4. The molecule has 1 aliphatic carbocycles. The molecule has 0 amide bonds. The maximum atomic E-state index is 12.3. The van der Waals surface area contributed by atoms with E-state index in [4.69, 9.17) is 29.6 Å². The Labute approximate surface area is 123 Å². The van der Waals surface area contributed by atoms with Crippen molar-refractivity contribution in [3.05, 3.63) is 29.3 Å². The molecule has 19 heavy (non-hydrogen) atoms. The quantitative estimate of drug-likeness (QED) is 0.834. The maximum absolute atomic E-state index is 12.3. The van der Waals surface area contributed by atoms with Crippen molar-refractivity contribution in [2.75, 3.05) is 0 Å². The van der Waals surface area contributed by atoms with Gasteiger partial charge >= 0.3 is 0 Å². The Hall–Kier alpha value is -0.690. The zero-order valence-electron chi connectivity index (χ0n) is 10.2. The fourth-order valence-corrected chi connectivity index (χ4v) is 4.24. The van der Waals surface area contributed by atoms with Gasteiger partial charge in [0.2, 0.25) is 10.0 Å². The number of hydrogen-bond acceptors (Lipinski definition) is 3. The number of benzene rings is 1. The van der Waals surface area contributed by atoms with Crippen molar-refractivity contribution in [1.82, 2.24) is 4.72 Å². The van der Waals surface area contributed by atoms with Crippen LogP contribution in [0.3, 0.4) is 0 Å². The van der Waals surface area contributed by atoms with Gasteiger partial charge in [0.15, 0.2) is 0 Å². The van der Waals surface area contributed by atoms with Gasteiger partial charge in [-0.2, -0.15) is 0 Å². The van der Waals surface area contributed by atoms with Gasteiger partial charge in [-0.05, 0) is 31.0 Å². The summed E-state index contributed by atoms with van der Waals surface area (Å²) in [5, 5.41) is 0.389. The van der Waals surface area contributed by atoms with Crippen LogP contribution in [-0.4, -0.2) is 19.4 Å². The van der Waals surface area contributed by atoms with Gasteiger partial charge < -0.3 is 5.73 Å². The molecule has 4 nitrogen and oxygen atoms in total. The number of halogens is 1. The van der Waals surface area contributed by atoms with Crippen molar-refractivity contribution in [2.24, 2.45) is 11.7 Å². The van der Waals surface area contributed by atoms with E-state index in [1.54, 1.807) is 12.1 Å². The lowest BCUT2D eigenvalue weighted by molar-refractivity contribution is 0.525. The topological polar surface area (TPSA) is 72.2 Å². The summed E-state index contributed by atoms with van der Waals surface area (Å²) in [5.41, 5.74) is 5.65. The molecule has 3 N–H and O–H groups in total. The van der Waals surface area contributed by atoms with Crippen LogP contribution in [0.5, 0.6) is 0 Å². The van der Waals surface area contributed by atoms with Gasteiger partial charge in [-0.3, -0.25) is 0 Å². The maximum Gasteiger partial charge on any atom is 0.240 e. The van der Waals surface area contributed by atoms with E-state index in [0.717, 1.165) is 19.3 Å². The lowest BCUT2D eigenvalue weighted by atomic mass is 10.1. The van der Waals surface area contributed by atoms with Crippen molar-refractivity contribution in [2.45, 2.75) is 30.2 Å². The Bertz CT molecular complexity index is 589. The summed E-state index contributed by atoms with van der Waals surface area (Å²) in [6.07, 6.45) is 2.50. The van der Waals surface area contributed by atoms with Crippen LogP contribution in [0.25, 0.3) is 0 Å². The van der Waals surface area contributed by atoms with Crippen LogP contribution in [0, 0.1) is 5.92 Å². The number of hydrogen-bond donors (Lipinski definition) is 2. The van der Waals surface area contributed by atoms with Gasteiger partial charge in [0.1, 0.15) is 0 Å². The molecule has 1 saturated carbocycles. The number of sulfonamides is 1. The van der Waals surface area contributed by atoms with Crippen LogP contribution in [-0.2, 0) is 10.0 Å². The summed E-state index contributed by atoms with van der Waals surface area (Å²) >= 11 is 10.8. The second-order valence-electron chi connectivity index (χ2n) is 4.62. The molecule has 1 aliphatic rings. The Morgan fingerprint density at radius 1 is 1.42 bits per heavy atom. The zero-order valence-corrected chi connectivity index (χ0v) is 12.6. The van der Waals surface area contributed by atoms with Crippen LogP contribution >= 0.6 is 23.8 Å². The molecule has 7 heteroatoms. The minimum atomic E-state index is -3.58. The minimum absolute atomic E-state index is 0.0658. The summed E-state index contributed by atoms with van der Waals surface area (Å²) in [6.45, 7) is 0. The standard InChI is InChI=1S/C12H15ClN2O2S2/c13-8-3-1-4-9(7-8)19(16,17)15-11-6-2-5-10(11)12(14)18/h1,3-4,7,10-11,15H,2,5-6H2,(H2,14,18). The third-order valence-corrected chi connectivity index (χ3v) is 5.32. The van der Waals surface area contributed by atoms with E-state index < -0.39 is 10.0 Å². The van der Waals surface area contributed by atoms with Crippen LogP contribution in [0.15, 0.2) is 29.2 Å². The van der Waals surface area contributed by atoms with Crippen molar-refractivity contribution >= 4 is 38.8 Å². The first-order valence-corrected chi connectivity index (χ1v) is 8.24. The van der Waals surface area contributed by atoms with E-state index in [2.05, 4.69) is 4.72 Å². The van der Waals surface area contributed by atoms with Crippen LogP contribution in [0.2, 0.25) is 5.02 Å². The number of thiocarbonyl (C=S) groups is 1. The van der Waals surface area contributed by atoms with Gasteiger partial charge in [0.05, 0.1) is 9.88 Å². The van der Waals surface area contributed by atoms with E-state index in [0.29, 0.717) is 10.0 Å². The first-order valence-electron chi connectivity index (χ1n) is 5.97. The molecule has 1 fully saturated rings. The third-order valence-electron chi connectivity index (χ3n) is 3.29. The molecule has 0 radical (unpaired) electrons. The van der Waals surface area contributed by atoms with Gasteiger partial charge in [0, 0.05) is 17.0 Å². The summed E-state index contributed by atoms with van der Waals surface area (Å²) in [6, 6.07) is 5.96. The summed E-state index contributed by atoms with van der Waals surface area (Å²) in [7, 11) is -3.58. The predicted molar refractivity (Wildman–Crippen MR) is 79.7 cm³/mol. The smallest absolute Gasteiger partial charge is 0.240 e. The summed E-state index contributed by atoms with van der Waals surface area (Å²) in [4.78, 5) is 0.532. The van der Waals surface area contributed by atoms with Crippen LogP contribution < -0.4 is 10.5 Å². The zero-order chi connectivity index (χ0) is 14.0. The number of nitrogens with one attached hydrogen (secondary N) is 1. The molecule has 104 valence electrons. The van der Waals surface area contributed by atoms with Crippen LogP contribution in [0.1, 0.15) is 19.3 Å². The minimum Gasteiger partial charge on any atom is -0.393 e. The van der Waals surface area contributed by atoms with Crippen molar-refractivity contribution in [3.8, 4) is 0 Å². The van der Waals surface area contributed by atoms with E-state index >= 15 is 0 Å². The average molecular weight is 319 g/mol. The summed E-state index contributed by atoms with van der Waals surface area (Å²) in [5.74, 6) is -0.0658. The van der Waals surface area contributed by atoms with E-state index in [1.807, 2.05) is 0 Å². The number of nitrogens with two attached hydrogens (primary N) is 1. The molecule has 0 aromatic heterocycles. The molecule has 2 rings (SSSR count). The number of rotatable bonds is 4. The highest BCUT2D eigenvalue weighted by Gasteiger charge is 2.32. The highest BCUT2D eigenvalue weighted by Crippen LogP contribution is 2.27. The predicted octanol–water partition coefficient (Wildman–Crippen LogP) is 2.07. The monoisotopic (exact) mass is 318 g/mol. The molecule has 0 heterocycles. The van der Waals surface area contributed by atoms with E-state index in [-0.39, 0.29) is 16.9 Å². The summed E-state index contributed by atoms with van der Waals surface area (Å²) < 4.78 is 27.2. The first kappa shape index (κ1) is 14.7. The third kappa shape index (κ3) is 3.45. The molecule has 0 spiro atoms. The fraction of sp³-hybridized carbons (Fsp3) is 0.417. The van der Waals surface area contributed by atoms with Crippen molar-refractivity contribution in [1.29, 1.82) is 0 Å². The van der Waals surface area contributed by atoms with Gasteiger partial charge in [-0.1, -0.05) is 36.3 Å². The molecule has 2 atom stereocenters. The molecule has 0 saturated heterocycles. The molecule has 0 aliphatic heterocycles. The second-order valence-corrected chi connectivity index (χ2v) is 7.25. The Balaban J connectivity index is 2.20. The van der Waals surface area contributed by atoms with E-state index in [1.165, 1.54) is 12.1 Å². The average Bonchev–Trinajstić information content (AvgIpc) is 2.76. The second kappa shape index (κ2) is 5.75. The molecule has 2 unspecified atom stereocenters. The Kier molecular flexibility index (Phi) is 4.45. The largest absolute Gasteiger partial charge is 0.393 e. The highest BCUT2D eigenvalue weighted by molar-refractivity contribution is 7.89. The van der Waals surface area contributed by atoms with E-state index in [9.17, 15) is 8.42 Å². The lowest BCUT2D eigenvalue weighted by Gasteiger charge is -2.19. The molecular formula is C12H15ClN2O2S2. The SMILES string of the molecule is NC(=S)C1CCCC1NS(=O)(=O)c1cccc(Cl)c1. The molecule has 1 aromatic rings. The Morgan fingerprint density at radius 3 is 2.79 bits per heavy atom. The molecule has 0 bridgehead atoms. The molecule has 1 aromatic carbocycles. The van der Waals surface area contributed by atoms with Gasteiger partial charge in [-0.25, -0.2) is 13.1 Å². The molecular weight excluding hydrogens is 304 g/mol.